The lowest BCUT2D eigenvalue weighted by Crippen LogP contribution is -2.44. The molecule has 1 atom stereocenters. The molecule has 2 N–H and O–H groups in total. The Labute approximate surface area is 174 Å². The molecule has 7 heteroatoms. The van der Waals surface area contributed by atoms with E-state index in [1.807, 2.05) is 18.2 Å². The van der Waals surface area contributed by atoms with E-state index >= 15 is 0 Å². The van der Waals surface area contributed by atoms with E-state index < -0.39 is 11.7 Å². The highest BCUT2D eigenvalue weighted by Gasteiger charge is 2.29. The molecule has 1 aliphatic heterocycles. The van der Waals surface area contributed by atoms with E-state index in [9.17, 15) is 9.18 Å². The summed E-state index contributed by atoms with van der Waals surface area (Å²) in [4.78, 5) is 14.1. The molecule has 1 aliphatic rings. The molecule has 0 bridgehead atoms. The number of hydrogen-bond acceptors (Lipinski definition) is 5. The van der Waals surface area contributed by atoms with Crippen LogP contribution in [0.5, 0.6) is 11.5 Å². The minimum atomic E-state index is -0.572. The maximum absolute atomic E-state index is 14.2. The SMILES string of the molecule is CCN(CCc1coc2c(OC)cccc12)C1COc2c(F)ccc(C(N)=O)c2C1. The standard InChI is InChI=1S/C23H25FN2O4/c1-3-26(10-9-14-12-29-22-16(14)5-4-6-20(22)28-2)15-11-18-17(23(25)27)7-8-19(24)21(18)30-13-15/h4-8,12,15H,3,9-11,13H2,1-2H3,(H2,25,27). The quantitative estimate of drug-likeness (QED) is 0.642. The molecule has 158 valence electrons. The zero-order valence-corrected chi connectivity index (χ0v) is 17.1. The second kappa shape index (κ2) is 8.36. The fourth-order valence-electron chi connectivity index (χ4n) is 4.20. The van der Waals surface area contributed by atoms with Crippen LogP contribution in [-0.4, -0.2) is 43.7 Å². The first-order chi connectivity index (χ1) is 14.5. The van der Waals surface area contributed by atoms with Gasteiger partial charge in [-0.1, -0.05) is 19.1 Å². The number of carbonyl (C=O) groups is 1. The van der Waals surface area contributed by atoms with Crippen LogP contribution < -0.4 is 15.2 Å². The Morgan fingerprint density at radius 1 is 1.33 bits per heavy atom. The van der Waals surface area contributed by atoms with Gasteiger partial charge in [0.15, 0.2) is 22.9 Å². The molecule has 0 radical (unpaired) electrons. The van der Waals surface area contributed by atoms with Crippen molar-refractivity contribution in [3.8, 4) is 11.5 Å². The third-order valence-corrected chi connectivity index (χ3v) is 5.79. The van der Waals surface area contributed by atoms with Gasteiger partial charge in [0.2, 0.25) is 5.91 Å². The Balaban J connectivity index is 1.52. The summed E-state index contributed by atoms with van der Waals surface area (Å²) in [5.74, 6) is -0.177. The van der Waals surface area contributed by atoms with Crippen molar-refractivity contribution in [2.75, 3.05) is 26.8 Å². The number of likely N-dealkylation sites (N-methyl/N-ethyl adjacent to an activating group) is 1. The van der Waals surface area contributed by atoms with Gasteiger partial charge in [-0.3, -0.25) is 9.69 Å². The van der Waals surface area contributed by atoms with Crippen LogP contribution in [0.15, 0.2) is 41.0 Å². The number of para-hydroxylation sites is 1. The van der Waals surface area contributed by atoms with Gasteiger partial charge >= 0.3 is 0 Å². The molecule has 4 rings (SSSR count). The summed E-state index contributed by atoms with van der Waals surface area (Å²) in [5, 5.41) is 1.04. The summed E-state index contributed by atoms with van der Waals surface area (Å²) in [6.07, 6.45) is 3.07. The lowest BCUT2D eigenvalue weighted by molar-refractivity contribution is 0.0988. The van der Waals surface area contributed by atoms with E-state index in [1.54, 1.807) is 13.4 Å². The van der Waals surface area contributed by atoms with Crippen LogP contribution in [-0.2, 0) is 12.8 Å². The number of nitrogens with two attached hydrogens (primary N) is 1. The number of hydrogen-bond donors (Lipinski definition) is 1. The van der Waals surface area contributed by atoms with E-state index in [0.29, 0.717) is 29.9 Å². The summed E-state index contributed by atoms with van der Waals surface area (Å²) in [6, 6.07) is 8.53. The Morgan fingerprint density at radius 3 is 2.90 bits per heavy atom. The van der Waals surface area contributed by atoms with E-state index in [1.165, 1.54) is 12.1 Å². The molecule has 1 unspecified atom stereocenters. The number of methoxy groups -OCH3 is 1. The monoisotopic (exact) mass is 412 g/mol. The van der Waals surface area contributed by atoms with Crippen LogP contribution in [0.4, 0.5) is 4.39 Å². The topological polar surface area (TPSA) is 77.9 Å². The molecular weight excluding hydrogens is 387 g/mol. The molecule has 3 aromatic rings. The van der Waals surface area contributed by atoms with Crippen molar-refractivity contribution in [3.05, 3.63) is 59.1 Å². The van der Waals surface area contributed by atoms with Gasteiger partial charge in [-0.05, 0) is 43.1 Å². The van der Waals surface area contributed by atoms with Crippen LogP contribution in [0, 0.1) is 5.82 Å². The fraction of sp³-hybridized carbons (Fsp3) is 0.348. The lowest BCUT2D eigenvalue weighted by atomic mass is 9.95. The van der Waals surface area contributed by atoms with Gasteiger partial charge in [0.1, 0.15) is 6.61 Å². The summed E-state index contributed by atoms with van der Waals surface area (Å²) in [7, 11) is 1.62. The molecule has 2 heterocycles. The van der Waals surface area contributed by atoms with Gasteiger partial charge in [-0.2, -0.15) is 0 Å². The van der Waals surface area contributed by atoms with E-state index in [4.69, 9.17) is 19.6 Å². The zero-order chi connectivity index (χ0) is 21.3. The first kappa shape index (κ1) is 20.2. The number of benzene rings is 2. The van der Waals surface area contributed by atoms with Crippen LogP contribution in [0.3, 0.4) is 0 Å². The van der Waals surface area contributed by atoms with Gasteiger partial charge in [-0.15, -0.1) is 0 Å². The average Bonchev–Trinajstić information content (AvgIpc) is 3.17. The Hall–Kier alpha value is -3.06. The van der Waals surface area contributed by atoms with Gasteiger partial charge < -0.3 is 19.6 Å². The fourth-order valence-corrected chi connectivity index (χ4v) is 4.20. The zero-order valence-electron chi connectivity index (χ0n) is 17.1. The number of primary amides is 1. The number of fused-ring (bicyclic) bond motifs is 2. The first-order valence-corrected chi connectivity index (χ1v) is 10.0. The van der Waals surface area contributed by atoms with Crippen LogP contribution in [0.25, 0.3) is 11.0 Å². The predicted molar refractivity (Wildman–Crippen MR) is 112 cm³/mol. The summed E-state index contributed by atoms with van der Waals surface area (Å²) in [5.41, 5.74) is 8.21. The molecule has 0 fully saturated rings. The highest BCUT2D eigenvalue weighted by atomic mass is 19.1. The smallest absolute Gasteiger partial charge is 0.249 e. The number of ether oxygens (including phenoxy) is 2. The van der Waals surface area contributed by atoms with Crippen molar-refractivity contribution in [1.29, 1.82) is 0 Å². The molecule has 1 amide bonds. The number of rotatable bonds is 7. The van der Waals surface area contributed by atoms with Crippen molar-refractivity contribution in [1.82, 2.24) is 4.90 Å². The Bertz CT molecular complexity index is 1080. The third kappa shape index (κ3) is 3.61. The third-order valence-electron chi connectivity index (χ3n) is 5.79. The number of furan rings is 1. The molecule has 2 aromatic carbocycles. The molecule has 0 saturated heterocycles. The molecule has 1 aromatic heterocycles. The van der Waals surface area contributed by atoms with Crippen molar-refractivity contribution in [3.63, 3.8) is 0 Å². The highest BCUT2D eigenvalue weighted by Crippen LogP contribution is 2.33. The number of nitrogens with zero attached hydrogens (tertiary/aromatic N) is 1. The second-order valence-electron chi connectivity index (χ2n) is 7.41. The maximum Gasteiger partial charge on any atom is 0.249 e. The summed E-state index contributed by atoms with van der Waals surface area (Å²) >= 11 is 0. The van der Waals surface area contributed by atoms with Crippen LogP contribution in [0.1, 0.15) is 28.4 Å². The van der Waals surface area contributed by atoms with Gasteiger partial charge in [0, 0.05) is 29.1 Å². The molecule has 0 aliphatic carbocycles. The van der Waals surface area contributed by atoms with Crippen LogP contribution in [0.2, 0.25) is 0 Å². The number of carbonyl (C=O) groups excluding carboxylic acids is 1. The number of halogens is 1. The van der Waals surface area contributed by atoms with Crippen LogP contribution >= 0.6 is 0 Å². The van der Waals surface area contributed by atoms with Crippen molar-refractivity contribution in [2.45, 2.75) is 25.8 Å². The molecule has 6 nitrogen and oxygen atoms in total. The molecule has 0 saturated carbocycles. The Morgan fingerprint density at radius 2 is 2.17 bits per heavy atom. The van der Waals surface area contributed by atoms with Crippen molar-refractivity contribution < 1.29 is 23.1 Å². The van der Waals surface area contributed by atoms with E-state index in [0.717, 1.165) is 36.0 Å². The summed E-state index contributed by atoms with van der Waals surface area (Å²) in [6.45, 7) is 4.00. The second-order valence-corrected chi connectivity index (χ2v) is 7.41. The van der Waals surface area contributed by atoms with Gasteiger partial charge in [-0.25, -0.2) is 4.39 Å². The van der Waals surface area contributed by atoms with Crippen molar-refractivity contribution >= 4 is 16.9 Å². The molecule has 0 spiro atoms. The van der Waals surface area contributed by atoms with Gasteiger partial charge in [0.05, 0.1) is 13.4 Å². The van der Waals surface area contributed by atoms with E-state index in [2.05, 4.69) is 11.8 Å². The van der Waals surface area contributed by atoms with Crippen molar-refractivity contribution in [2.24, 2.45) is 5.73 Å². The maximum atomic E-state index is 14.2. The largest absolute Gasteiger partial charge is 0.493 e. The van der Waals surface area contributed by atoms with E-state index in [-0.39, 0.29) is 11.8 Å². The normalized spacial score (nSPS) is 15.8. The predicted octanol–water partition coefficient (Wildman–Crippen LogP) is 3.55. The minimum absolute atomic E-state index is 0.0232. The first-order valence-electron chi connectivity index (χ1n) is 10.0. The average molecular weight is 412 g/mol. The Kier molecular flexibility index (Phi) is 5.63. The molecule has 30 heavy (non-hydrogen) atoms. The summed E-state index contributed by atoms with van der Waals surface area (Å²) < 4.78 is 31.0. The lowest BCUT2D eigenvalue weighted by Gasteiger charge is -2.35. The number of amides is 1. The highest BCUT2D eigenvalue weighted by molar-refractivity contribution is 5.95. The van der Waals surface area contributed by atoms with Gasteiger partial charge in [0.25, 0.3) is 0 Å². The molecular formula is C23H25FN2O4. The minimum Gasteiger partial charge on any atom is -0.493 e.